The summed E-state index contributed by atoms with van der Waals surface area (Å²) in [5.74, 6) is -1.41. The van der Waals surface area contributed by atoms with Crippen LogP contribution in [-0.4, -0.2) is 72.3 Å². The van der Waals surface area contributed by atoms with E-state index in [0.717, 1.165) is 6.42 Å². The normalized spacial score (nSPS) is 32.1. The monoisotopic (exact) mass is 459 g/mol. The van der Waals surface area contributed by atoms with Gasteiger partial charge >= 0.3 is 0 Å². The van der Waals surface area contributed by atoms with Crippen LogP contribution in [0.1, 0.15) is 39.0 Å². The number of ether oxygens (including phenoxy) is 2. The highest BCUT2D eigenvalue weighted by Gasteiger charge is 2.77. The Labute approximate surface area is 193 Å². The fourth-order valence-electron chi connectivity index (χ4n) is 5.98. The van der Waals surface area contributed by atoms with E-state index in [4.69, 9.17) is 14.6 Å². The number of nitrogens with zero attached hydrogens (tertiary/aromatic N) is 1. The third-order valence-electron chi connectivity index (χ3n) is 7.47. The van der Waals surface area contributed by atoms with Gasteiger partial charge in [0.2, 0.25) is 17.7 Å². The van der Waals surface area contributed by atoms with E-state index < -0.39 is 29.1 Å². The zero-order chi connectivity index (χ0) is 23.8. The number of hydrogen-bond acceptors (Lipinski definition) is 6. The van der Waals surface area contributed by atoms with Crippen LogP contribution in [-0.2, 0) is 19.1 Å². The van der Waals surface area contributed by atoms with Crippen LogP contribution in [0.25, 0.3) is 0 Å². The van der Waals surface area contributed by atoms with Crippen molar-refractivity contribution in [1.82, 2.24) is 10.2 Å². The summed E-state index contributed by atoms with van der Waals surface area (Å²) in [6, 6.07) is 6.17. The van der Waals surface area contributed by atoms with Gasteiger partial charge in [0.15, 0.2) is 0 Å². The molecule has 9 heteroatoms. The van der Waals surface area contributed by atoms with Crippen LogP contribution in [0, 0.1) is 11.8 Å². The number of fused-ring (bicyclic) bond motifs is 1. The van der Waals surface area contributed by atoms with Crippen LogP contribution >= 0.6 is 0 Å². The number of likely N-dealkylation sites (tertiary alicyclic amines) is 1. The first-order valence-electron chi connectivity index (χ1n) is 11.6. The Hall–Kier alpha value is -2.65. The molecule has 3 fully saturated rings. The number of carbonyl (C=O) groups excluding carboxylic acids is 3. The number of aliphatic hydroxyl groups is 1. The van der Waals surface area contributed by atoms with E-state index in [0.29, 0.717) is 43.7 Å². The number of nitrogens with one attached hydrogen (secondary N) is 2. The van der Waals surface area contributed by atoms with E-state index >= 15 is 0 Å². The molecule has 1 aromatic rings. The lowest BCUT2D eigenvalue weighted by atomic mass is 9.66. The predicted octanol–water partition coefficient (Wildman–Crippen LogP) is 1.31. The number of hydrogen-bond donors (Lipinski definition) is 3. The first kappa shape index (κ1) is 23.5. The van der Waals surface area contributed by atoms with E-state index in [9.17, 15) is 14.4 Å². The SMILES string of the molecule is CNC(=O)[C@H]1[C@H]2C(=O)N(CCCCCO)C(C(=O)Nc3ccc(OC)cc3)C23CC[C@]1(C)O3. The van der Waals surface area contributed by atoms with Gasteiger partial charge in [-0.1, -0.05) is 0 Å². The Morgan fingerprint density at radius 3 is 2.55 bits per heavy atom. The van der Waals surface area contributed by atoms with Gasteiger partial charge in [0, 0.05) is 25.9 Å². The van der Waals surface area contributed by atoms with Crippen molar-refractivity contribution in [2.45, 2.75) is 56.3 Å². The van der Waals surface area contributed by atoms with Crippen molar-refractivity contribution < 1.29 is 29.0 Å². The molecule has 3 N–H and O–H groups in total. The molecule has 1 spiro atoms. The maximum absolute atomic E-state index is 13.7. The summed E-state index contributed by atoms with van der Waals surface area (Å²) in [6.07, 6.45) is 3.18. The first-order valence-corrected chi connectivity index (χ1v) is 11.6. The van der Waals surface area contributed by atoms with E-state index in [1.807, 2.05) is 6.92 Å². The fourth-order valence-corrected chi connectivity index (χ4v) is 5.98. The molecular weight excluding hydrogens is 426 g/mol. The molecule has 3 amide bonds. The third kappa shape index (κ3) is 3.77. The number of methoxy groups -OCH3 is 1. The molecule has 2 unspecified atom stereocenters. The summed E-state index contributed by atoms with van der Waals surface area (Å²) in [5.41, 5.74) is -1.21. The minimum absolute atomic E-state index is 0.0854. The largest absolute Gasteiger partial charge is 0.497 e. The second-order valence-electron chi connectivity index (χ2n) is 9.38. The molecule has 1 aromatic carbocycles. The van der Waals surface area contributed by atoms with Crippen molar-refractivity contribution in [1.29, 1.82) is 0 Å². The van der Waals surface area contributed by atoms with Crippen molar-refractivity contribution in [2.75, 3.05) is 32.6 Å². The molecule has 9 nitrogen and oxygen atoms in total. The van der Waals surface area contributed by atoms with Crippen LogP contribution in [0.2, 0.25) is 0 Å². The fraction of sp³-hybridized carbons (Fsp3) is 0.625. The number of carbonyl (C=O) groups is 3. The molecule has 0 radical (unpaired) electrons. The van der Waals surface area contributed by atoms with Crippen molar-refractivity contribution in [2.24, 2.45) is 11.8 Å². The van der Waals surface area contributed by atoms with Gasteiger partial charge in [0.25, 0.3) is 0 Å². The molecule has 4 rings (SSSR count). The number of unbranched alkanes of at least 4 members (excludes halogenated alkanes) is 2. The van der Waals surface area contributed by atoms with Gasteiger partial charge in [-0.3, -0.25) is 14.4 Å². The number of benzene rings is 1. The van der Waals surface area contributed by atoms with E-state index in [1.54, 1.807) is 43.3 Å². The second kappa shape index (κ2) is 8.95. The average molecular weight is 460 g/mol. The average Bonchev–Trinajstić information content (AvgIpc) is 3.37. The molecule has 0 saturated carbocycles. The van der Waals surface area contributed by atoms with E-state index in [1.165, 1.54) is 0 Å². The quantitative estimate of drug-likeness (QED) is 0.480. The van der Waals surface area contributed by atoms with Gasteiger partial charge in [-0.2, -0.15) is 0 Å². The minimum Gasteiger partial charge on any atom is -0.497 e. The van der Waals surface area contributed by atoms with Gasteiger partial charge in [-0.25, -0.2) is 0 Å². The molecule has 0 aliphatic carbocycles. The van der Waals surface area contributed by atoms with E-state index in [2.05, 4.69) is 10.6 Å². The van der Waals surface area contributed by atoms with Crippen molar-refractivity contribution in [3.8, 4) is 5.75 Å². The van der Waals surface area contributed by atoms with Crippen LogP contribution < -0.4 is 15.4 Å². The summed E-state index contributed by atoms with van der Waals surface area (Å²) in [7, 11) is 3.13. The zero-order valence-electron chi connectivity index (χ0n) is 19.4. The zero-order valence-corrected chi connectivity index (χ0v) is 19.4. The lowest BCUT2D eigenvalue weighted by Gasteiger charge is -2.33. The minimum atomic E-state index is -1.03. The number of rotatable bonds is 9. The van der Waals surface area contributed by atoms with Crippen LogP contribution in [0.3, 0.4) is 0 Å². The molecule has 0 aromatic heterocycles. The Morgan fingerprint density at radius 2 is 1.91 bits per heavy atom. The summed E-state index contributed by atoms with van der Waals surface area (Å²) in [6.45, 7) is 2.33. The highest BCUT2D eigenvalue weighted by atomic mass is 16.5. The Balaban J connectivity index is 1.65. The summed E-state index contributed by atoms with van der Waals surface area (Å²) in [4.78, 5) is 41.7. The molecule has 180 valence electrons. The molecule has 33 heavy (non-hydrogen) atoms. The topological polar surface area (TPSA) is 117 Å². The molecule has 3 aliphatic rings. The molecule has 3 heterocycles. The third-order valence-corrected chi connectivity index (χ3v) is 7.47. The highest BCUT2D eigenvalue weighted by molar-refractivity contribution is 6.03. The molecule has 3 aliphatic heterocycles. The van der Waals surface area contributed by atoms with Crippen LogP contribution in [0.5, 0.6) is 5.75 Å². The summed E-state index contributed by atoms with van der Waals surface area (Å²) < 4.78 is 11.7. The van der Waals surface area contributed by atoms with Crippen LogP contribution in [0.15, 0.2) is 24.3 Å². The van der Waals surface area contributed by atoms with Gasteiger partial charge in [-0.15, -0.1) is 0 Å². The highest BCUT2D eigenvalue weighted by Crippen LogP contribution is 2.63. The smallest absolute Gasteiger partial charge is 0.250 e. The molecule has 3 saturated heterocycles. The lowest BCUT2D eigenvalue weighted by molar-refractivity contribution is -0.144. The maximum Gasteiger partial charge on any atom is 0.250 e. The van der Waals surface area contributed by atoms with Gasteiger partial charge < -0.3 is 30.1 Å². The van der Waals surface area contributed by atoms with E-state index in [-0.39, 0.29) is 24.3 Å². The number of anilines is 1. The van der Waals surface area contributed by atoms with Gasteiger partial charge in [-0.05, 0) is 63.3 Å². The van der Waals surface area contributed by atoms with Gasteiger partial charge in [0.1, 0.15) is 17.4 Å². The first-order chi connectivity index (χ1) is 15.8. The predicted molar refractivity (Wildman–Crippen MR) is 121 cm³/mol. The standard InChI is InChI=1S/C24H33N3O6/c1-23-11-12-24(33-23)18(17(23)20(29)25-2)22(31)27(13-5-4-6-14-28)19(24)21(30)26-15-7-9-16(32-3)10-8-15/h7-10,17-19,28H,4-6,11-14H2,1-3H3,(H,25,29)(H,26,30)/t17-,18+,19?,23+,24?/m1/s1. The van der Waals surface area contributed by atoms with Crippen molar-refractivity contribution >= 4 is 23.4 Å². The molecule has 2 bridgehead atoms. The number of amides is 3. The second-order valence-corrected chi connectivity index (χ2v) is 9.38. The number of aliphatic hydroxyl groups excluding tert-OH is 1. The Bertz CT molecular complexity index is 921. The van der Waals surface area contributed by atoms with Gasteiger partial charge in [0.05, 0.1) is 24.5 Å². The van der Waals surface area contributed by atoms with Crippen molar-refractivity contribution in [3.05, 3.63) is 24.3 Å². The lowest BCUT2D eigenvalue weighted by Crippen LogP contribution is -2.53. The Morgan fingerprint density at radius 1 is 1.18 bits per heavy atom. The summed E-state index contributed by atoms with van der Waals surface area (Å²) >= 11 is 0. The molecule has 5 atom stereocenters. The van der Waals surface area contributed by atoms with Crippen LogP contribution in [0.4, 0.5) is 5.69 Å². The Kier molecular flexibility index (Phi) is 6.37. The maximum atomic E-state index is 13.7. The summed E-state index contributed by atoms with van der Waals surface area (Å²) in [5, 5.41) is 14.7. The van der Waals surface area contributed by atoms with Crippen molar-refractivity contribution in [3.63, 3.8) is 0 Å². The molecular formula is C24H33N3O6.